The zero-order valence-electron chi connectivity index (χ0n) is 17.0. The van der Waals surface area contributed by atoms with Crippen LogP contribution in [-0.2, 0) is 0 Å². The van der Waals surface area contributed by atoms with E-state index < -0.39 is 40.3 Å². The summed E-state index contributed by atoms with van der Waals surface area (Å²) in [5.74, 6) is -7.15. The summed E-state index contributed by atoms with van der Waals surface area (Å²) < 4.78 is 73.3. The molecule has 0 amide bonds. The third-order valence-corrected chi connectivity index (χ3v) is 6.92. The molecule has 1 N–H and O–H groups in total. The van der Waals surface area contributed by atoms with Gasteiger partial charge in [-0.05, 0) is 50.3 Å². The Kier molecular flexibility index (Phi) is 5.23. The quantitative estimate of drug-likeness (QED) is 0.503. The summed E-state index contributed by atoms with van der Waals surface area (Å²) in [5, 5.41) is 9.23. The van der Waals surface area contributed by atoms with E-state index in [9.17, 15) is 13.9 Å². The predicted octanol–water partition coefficient (Wildman–Crippen LogP) is 7.24. The second-order valence-corrected chi connectivity index (χ2v) is 8.75. The molecule has 1 unspecified atom stereocenters. The van der Waals surface area contributed by atoms with E-state index in [0.717, 1.165) is 29.3 Å². The standard InChI is InChI=1S/C25H23F5O/c1-16-2-4-17(5-3-16)8-11-24-14-12-23(13-15-24,22(28)25(24,29)30)10-9-18-6-7-19(31)21(27)20(18)26/h2-11,22,31H,12-15H2,1H3/b10-9+,11-8+. The van der Waals surface area contributed by atoms with E-state index in [0.29, 0.717) is 0 Å². The van der Waals surface area contributed by atoms with Gasteiger partial charge in [-0.1, -0.05) is 54.1 Å². The minimum Gasteiger partial charge on any atom is -0.505 e. The highest BCUT2D eigenvalue weighted by molar-refractivity contribution is 5.54. The zero-order chi connectivity index (χ0) is 22.4. The van der Waals surface area contributed by atoms with Crippen LogP contribution in [0.1, 0.15) is 42.4 Å². The number of benzene rings is 2. The van der Waals surface area contributed by atoms with Crippen LogP contribution in [0.25, 0.3) is 12.2 Å². The highest BCUT2D eigenvalue weighted by Gasteiger charge is 2.70. The lowest BCUT2D eigenvalue weighted by Gasteiger charge is -2.57. The van der Waals surface area contributed by atoms with Gasteiger partial charge in [-0.15, -0.1) is 0 Å². The van der Waals surface area contributed by atoms with Gasteiger partial charge in [0.25, 0.3) is 5.92 Å². The molecule has 0 aromatic heterocycles. The van der Waals surface area contributed by atoms with Crippen molar-refractivity contribution in [1.29, 1.82) is 0 Å². The summed E-state index contributed by atoms with van der Waals surface area (Å²) in [6.45, 7) is 1.93. The Morgan fingerprint density at radius 3 is 2.16 bits per heavy atom. The van der Waals surface area contributed by atoms with E-state index in [1.54, 1.807) is 6.08 Å². The molecular formula is C25H23F5O. The summed E-state index contributed by atoms with van der Waals surface area (Å²) in [4.78, 5) is 0. The first-order valence-electron chi connectivity index (χ1n) is 10.2. The fourth-order valence-electron chi connectivity index (χ4n) is 4.76. The van der Waals surface area contributed by atoms with Gasteiger partial charge >= 0.3 is 0 Å². The number of fused-ring (bicyclic) bond motifs is 3. The SMILES string of the molecule is Cc1ccc(/C=C/C23CCC(/C=C/c4ccc(O)c(F)c4F)(CC2)C(F)C3(F)F)cc1. The first kappa shape index (κ1) is 21.6. The molecule has 0 radical (unpaired) electrons. The number of phenols is 1. The molecule has 3 saturated carbocycles. The molecule has 31 heavy (non-hydrogen) atoms. The van der Waals surface area contributed by atoms with E-state index in [-0.39, 0.29) is 31.2 Å². The first-order chi connectivity index (χ1) is 14.6. The van der Waals surface area contributed by atoms with Crippen molar-refractivity contribution in [3.05, 3.63) is 76.9 Å². The van der Waals surface area contributed by atoms with E-state index in [1.165, 1.54) is 12.2 Å². The molecule has 0 aliphatic heterocycles. The predicted molar refractivity (Wildman–Crippen MR) is 110 cm³/mol. The van der Waals surface area contributed by atoms with Crippen LogP contribution in [0.2, 0.25) is 0 Å². The number of aryl methyl sites for hydroxylation is 1. The Bertz CT molecular complexity index is 1030. The van der Waals surface area contributed by atoms with Crippen LogP contribution in [0.3, 0.4) is 0 Å². The fourth-order valence-corrected chi connectivity index (χ4v) is 4.76. The average Bonchev–Trinajstić information content (AvgIpc) is 2.76. The van der Waals surface area contributed by atoms with Crippen molar-refractivity contribution in [3.8, 4) is 5.75 Å². The van der Waals surface area contributed by atoms with Crippen LogP contribution < -0.4 is 0 Å². The lowest BCUT2D eigenvalue weighted by Crippen LogP contribution is -2.62. The maximum absolute atomic E-state index is 15.3. The van der Waals surface area contributed by atoms with Gasteiger partial charge in [-0.3, -0.25) is 0 Å². The summed E-state index contributed by atoms with van der Waals surface area (Å²) >= 11 is 0. The van der Waals surface area contributed by atoms with Crippen LogP contribution in [0.5, 0.6) is 5.75 Å². The molecule has 1 nitrogen and oxygen atoms in total. The third-order valence-electron chi connectivity index (χ3n) is 6.92. The topological polar surface area (TPSA) is 20.2 Å². The van der Waals surface area contributed by atoms with Gasteiger partial charge in [-0.25, -0.2) is 17.6 Å². The van der Waals surface area contributed by atoms with Crippen molar-refractivity contribution in [3.63, 3.8) is 0 Å². The molecule has 6 heteroatoms. The van der Waals surface area contributed by atoms with Crippen molar-refractivity contribution >= 4 is 12.2 Å². The number of alkyl halides is 3. The maximum Gasteiger partial charge on any atom is 0.288 e. The number of halogens is 5. The molecule has 164 valence electrons. The molecule has 0 saturated heterocycles. The van der Waals surface area contributed by atoms with Gasteiger partial charge in [-0.2, -0.15) is 4.39 Å². The Morgan fingerprint density at radius 2 is 1.52 bits per heavy atom. The van der Waals surface area contributed by atoms with Crippen molar-refractivity contribution < 1.29 is 27.1 Å². The molecule has 2 aromatic carbocycles. The third kappa shape index (κ3) is 3.46. The van der Waals surface area contributed by atoms with Gasteiger partial charge < -0.3 is 5.11 Å². The summed E-state index contributed by atoms with van der Waals surface area (Å²) in [7, 11) is 0. The Labute approximate surface area is 177 Å². The Balaban J connectivity index is 1.61. The molecule has 1 atom stereocenters. The molecule has 2 aromatic rings. The minimum atomic E-state index is -3.59. The van der Waals surface area contributed by atoms with E-state index in [1.807, 2.05) is 31.2 Å². The molecule has 0 spiro atoms. The van der Waals surface area contributed by atoms with Crippen LogP contribution in [0, 0.1) is 29.4 Å². The summed E-state index contributed by atoms with van der Waals surface area (Å²) in [6.07, 6.45) is 3.59. The normalized spacial score (nSPS) is 29.8. The average molecular weight is 434 g/mol. The van der Waals surface area contributed by atoms with Gasteiger partial charge in [0, 0.05) is 11.0 Å². The highest BCUT2D eigenvalue weighted by atomic mass is 19.3. The number of hydrogen-bond donors (Lipinski definition) is 1. The molecule has 0 heterocycles. The van der Waals surface area contributed by atoms with Gasteiger partial charge in [0.05, 0.1) is 5.41 Å². The molecule has 3 fully saturated rings. The number of hydrogen-bond acceptors (Lipinski definition) is 1. The van der Waals surface area contributed by atoms with Crippen molar-refractivity contribution in [1.82, 2.24) is 0 Å². The molecular weight excluding hydrogens is 411 g/mol. The first-order valence-corrected chi connectivity index (χ1v) is 10.2. The van der Waals surface area contributed by atoms with E-state index >= 15 is 13.2 Å². The van der Waals surface area contributed by atoms with Crippen LogP contribution in [0.15, 0.2) is 48.6 Å². The lowest BCUT2D eigenvalue weighted by molar-refractivity contribution is -0.239. The zero-order valence-corrected chi connectivity index (χ0v) is 17.0. The van der Waals surface area contributed by atoms with E-state index in [2.05, 4.69) is 0 Å². The van der Waals surface area contributed by atoms with Crippen LogP contribution in [0.4, 0.5) is 22.0 Å². The van der Waals surface area contributed by atoms with Crippen LogP contribution in [-0.4, -0.2) is 17.2 Å². The van der Waals surface area contributed by atoms with Gasteiger partial charge in [0.1, 0.15) is 0 Å². The van der Waals surface area contributed by atoms with Crippen LogP contribution >= 0.6 is 0 Å². The molecule has 3 aliphatic rings. The number of aromatic hydroxyl groups is 1. The van der Waals surface area contributed by atoms with Crippen molar-refractivity contribution in [2.24, 2.45) is 10.8 Å². The summed E-state index contributed by atoms with van der Waals surface area (Å²) in [5.41, 5.74) is -1.39. The smallest absolute Gasteiger partial charge is 0.288 e. The Hall–Kier alpha value is -2.63. The molecule has 5 rings (SSSR count). The van der Waals surface area contributed by atoms with Crippen molar-refractivity contribution in [2.45, 2.75) is 44.7 Å². The maximum atomic E-state index is 15.3. The van der Waals surface area contributed by atoms with Gasteiger partial charge in [0.15, 0.2) is 17.7 Å². The lowest BCUT2D eigenvalue weighted by atomic mass is 9.50. The number of allylic oxidation sites excluding steroid dienone is 2. The van der Waals surface area contributed by atoms with Gasteiger partial charge in [0.2, 0.25) is 5.82 Å². The summed E-state index contributed by atoms with van der Waals surface area (Å²) in [6, 6.07) is 9.54. The number of phenolic OH excluding ortho intramolecular Hbond substituents is 1. The second-order valence-electron chi connectivity index (χ2n) is 8.75. The minimum absolute atomic E-state index is 0.0968. The molecule has 3 aliphatic carbocycles. The monoisotopic (exact) mass is 434 g/mol. The highest BCUT2D eigenvalue weighted by Crippen LogP contribution is 2.66. The Morgan fingerprint density at radius 1 is 0.871 bits per heavy atom. The molecule has 2 bridgehead atoms. The van der Waals surface area contributed by atoms with Crippen molar-refractivity contribution in [2.75, 3.05) is 0 Å². The number of rotatable bonds is 4. The fraction of sp³-hybridized carbons (Fsp3) is 0.360. The largest absolute Gasteiger partial charge is 0.505 e. The second kappa shape index (κ2) is 7.50. The van der Waals surface area contributed by atoms with E-state index in [4.69, 9.17) is 0 Å².